The van der Waals surface area contributed by atoms with Crippen LogP contribution in [-0.4, -0.2) is 52.7 Å². The molecule has 0 radical (unpaired) electrons. The first-order valence-corrected chi connectivity index (χ1v) is 16.4. The summed E-state index contributed by atoms with van der Waals surface area (Å²) in [6.07, 6.45) is 3.50. The van der Waals surface area contributed by atoms with Crippen LogP contribution in [0.15, 0.2) is 91.5 Å². The van der Waals surface area contributed by atoms with E-state index in [4.69, 9.17) is 14.5 Å². The molecule has 2 saturated heterocycles. The van der Waals surface area contributed by atoms with Crippen molar-refractivity contribution in [3.05, 3.63) is 103 Å². The summed E-state index contributed by atoms with van der Waals surface area (Å²) in [6, 6.07) is 26.0. The van der Waals surface area contributed by atoms with Crippen LogP contribution >= 0.6 is 11.8 Å². The number of nitrogens with one attached hydrogen (secondary N) is 1. The molecule has 0 unspecified atom stereocenters. The molecule has 1 N–H and O–H groups in total. The first-order chi connectivity index (χ1) is 22.3. The van der Waals surface area contributed by atoms with Crippen molar-refractivity contribution in [1.82, 2.24) is 15.2 Å². The van der Waals surface area contributed by atoms with Gasteiger partial charge in [0.15, 0.2) is 6.61 Å². The summed E-state index contributed by atoms with van der Waals surface area (Å²) in [5, 5.41) is 3.96. The minimum atomic E-state index is -0.492. The van der Waals surface area contributed by atoms with E-state index in [1.165, 1.54) is 18.7 Å². The van der Waals surface area contributed by atoms with E-state index in [0.29, 0.717) is 13.1 Å². The van der Waals surface area contributed by atoms with Crippen LogP contribution < -0.4 is 10.1 Å². The standard InChI is InChI=1S/C37H37N3O5S/c1-4-25(21-38-35(42)22-44-24(3)41)27-16-17-40-34(19-27)36(46-37(40)43)31-20-33(39-32-15-10-23(2)18-30(31)32)26-11-13-29(14-12-26)45-28-8-6-5-7-9-28/h4-15,18,20,25,27,34,36H,1,16-17,19,21-22H2,2-3H3,(H,38,42)/t25-,27-,34-,36-/m0/s1. The number of para-hydroxylation sites is 1. The molecule has 2 aliphatic rings. The summed E-state index contributed by atoms with van der Waals surface area (Å²) >= 11 is 1.40. The molecule has 3 heterocycles. The minimum Gasteiger partial charge on any atom is -0.457 e. The van der Waals surface area contributed by atoms with E-state index in [2.05, 4.69) is 43.1 Å². The molecule has 2 amide bonds. The van der Waals surface area contributed by atoms with E-state index in [-0.39, 0.29) is 40.9 Å². The SMILES string of the molecule is C=C[C@@H](CNC(=O)COC(C)=O)[C@H]1CCN2C(=O)S[C@@H](c3cc(-c4ccc(Oc5ccccc5)cc4)nc4ccc(C)cc34)[C@@H]2C1. The summed E-state index contributed by atoms with van der Waals surface area (Å²) < 4.78 is 10.8. The first kappa shape index (κ1) is 31.4. The molecule has 8 nitrogen and oxygen atoms in total. The molecule has 0 saturated carbocycles. The summed E-state index contributed by atoms with van der Waals surface area (Å²) in [5.41, 5.74) is 4.93. The number of nitrogens with zero attached hydrogens (tertiary/aromatic N) is 2. The Balaban J connectivity index is 1.27. The molecule has 9 heteroatoms. The van der Waals surface area contributed by atoms with E-state index in [0.717, 1.165) is 57.6 Å². The average molecular weight is 636 g/mol. The fraction of sp³-hybridized carbons (Fsp3) is 0.297. The maximum atomic E-state index is 13.4. The summed E-state index contributed by atoms with van der Waals surface area (Å²) in [7, 11) is 0. The molecule has 236 valence electrons. The Labute approximate surface area is 273 Å². The second kappa shape index (κ2) is 13.8. The Bertz CT molecular complexity index is 1760. The van der Waals surface area contributed by atoms with Crippen LogP contribution in [0.1, 0.15) is 36.1 Å². The molecule has 6 rings (SSSR count). The van der Waals surface area contributed by atoms with Gasteiger partial charge in [-0.15, -0.1) is 6.58 Å². The Morgan fingerprint density at radius 3 is 2.59 bits per heavy atom. The molecule has 0 aliphatic carbocycles. The number of hydrogen-bond donors (Lipinski definition) is 1. The number of esters is 1. The van der Waals surface area contributed by atoms with Gasteiger partial charge in [0.2, 0.25) is 0 Å². The van der Waals surface area contributed by atoms with Crippen LogP contribution in [0.5, 0.6) is 11.5 Å². The van der Waals surface area contributed by atoms with Gasteiger partial charge >= 0.3 is 5.97 Å². The van der Waals surface area contributed by atoms with Crippen LogP contribution in [0.25, 0.3) is 22.2 Å². The second-order valence-electron chi connectivity index (χ2n) is 11.9. The van der Waals surface area contributed by atoms with Gasteiger partial charge in [-0.1, -0.05) is 47.7 Å². The highest BCUT2D eigenvalue weighted by molar-refractivity contribution is 8.14. The molecular weight excluding hydrogens is 598 g/mol. The fourth-order valence-electron chi connectivity index (χ4n) is 6.41. The number of piperidine rings is 1. The predicted molar refractivity (Wildman–Crippen MR) is 181 cm³/mol. The molecule has 46 heavy (non-hydrogen) atoms. The minimum absolute atomic E-state index is 0.00365. The van der Waals surface area contributed by atoms with E-state index in [1.54, 1.807) is 0 Å². The van der Waals surface area contributed by atoms with Crippen molar-refractivity contribution >= 4 is 39.8 Å². The lowest BCUT2D eigenvalue weighted by atomic mass is 9.79. The van der Waals surface area contributed by atoms with Gasteiger partial charge in [0.05, 0.1) is 16.5 Å². The number of benzene rings is 3. The highest BCUT2D eigenvalue weighted by atomic mass is 32.2. The fourth-order valence-corrected chi connectivity index (χ4v) is 7.73. The van der Waals surface area contributed by atoms with Crippen molar-refractivity contribution in [3.8, 4) is 22.8 Å². The number of pyridine rings is 1. The Kier molecular flexibility index (Phi) is 9.40. The van der Waals surface area contributed by atoms with Crippen molar-refractivity contribution in [1.29, 1.82) is 0 Å². The molecule has 2 aliphatic heterocycles. The largest absolute Gasteiger partial charge is 0.457 e. The number of carbonyl (C=O) groups is 3. The van der Waals surface area contributed by atoms with Gasteiger partial charge in [-0.25, -0.2) is 4.98 Å². The van der Waals surface area contributed by atoms with Gasteiger partial charge in [0.25, 0.3) is 11.1 Å². The summed E-state index contributed by atoms with van der Waals surface area (Å²) in [5.74, 6) is 0.939. The van der Waals surface area contributed by atoms with Crippen LogP contribution in [0, 0.1) is 18.8 Å². The third kappa shape index (κ3) is 6.94. The van der Waals surface area contributed by atoms with E-state index in [9.17, 15) is 14.4 Å². The first-order valence-electron chi connectivity index (χ1n) is 15.5. The molecule has 0 bridgehead atoms. The molecular formula is C37H37N3O5S. The third-order valence-electron chi connectivity index (χ3n) is 8.78. The van der Waals surface area contributed by atoms with E-state index >= 15 is 0 Å². The van der Waals surface area contributed by atoms with E-state index in [1.807, 2.05) is 65.6 Å². The second-order valence-corrected chi connectivity index (χ2v) is 13.0. The zero-order valence-corrected chi connectivity index (χ0v) is 26.8. The number of carbonyl (C=O) groups excluding carboxylic acids is 3. The zero-order chi connectivity index (χ0) is 32.2. The lowest BCUT2D eigenvalue weighted by Gasteiger charge is -2.39. The average Bonchev–Trinajstić information content (AvgIpc) is 3.39. The number of aryl methyl sites for hydroxylation is 1. The molecule has 3 aromatic carbocycles. The smallest absolute Gasteiger partial charge is 0.303 e. The van der Waals surface area contributed by atoms with E-state index < -0.39 is 5.97 Å². The number of thioether (sulfide) groups is 1. The summed E-state index contributed by atoms with van der Waals surface area (Å²) in [6.45, 7) is 8.16. The Morgan fingerprint density at radius 2 is 1.85 bits per heavy atom. The normalized spacial score (nSPS) is 19.7. The van der Waals surface area contributed by atoms with Crippen molar-refractivity contribution in [3.63, 3.8) is 0 Å². The van der Waals surface area contributed by atoms with Crippen molar-refractivity contribution in [2.45, 2.75) is 38.0 Å². The van der Waals surface area contributed by atoms with Gasteiger partial charge in [-0.05, 0) is 91.8 Å². The quantitative estimate of drug-likeness (QED) is 0.143. The lowest BCUT2D eigenvalue weighted by Crippen LogP contribution is -2.45. The van der Waals surface area contributed by atoms with Gasteiger partial charge < -0.3 is 19.7 Å². The number of amides is 2. The third-order valence-corrected chi connectivity index (χ3v) is 10.0. The number of hydrogen-bond acceptors (Lipinski definition) is 7. The highest BCUT2D eigenvalue weighted by Gasteiger charge is 2.46. The molecule has 2 fully saturated rings. The monoisotopic (exact) mass is 635 g/mol. The van der Waals surface area contributed by atoms with Crippen LogP contribution in [-0.2, 0) is 14.3 Å². The van der Waals surface area contributed by atoms with Crippen molar-refractivity contribution in [2.75, 3.05) is 19.7 Å². The summed E-state index contributed by atoms with van der Waals surface area (Å²) in [4.78, 5) is 43.7. The van der Waals surface area contributed by atoms with Gasteiger partial charge in [0, 0.05) is 37.0 Å². The predicted octanol–water partition coefficient (Wildman–Crippen LogP) is 7.47. The number of rotatable bonds is 10. The van der Waals surface area contributed by atoms with Crippen molar-refractivity contribution in [2.24, 2.45) is 11.8 Å². The maximum Gasteiger partial charge on any atom is 0.303 e. The van der Waals surface area contributed by atoms with Gasteiger partial charge in [-0.2, -0.15) is 0 Å². The number of ether oxygens (including phenoxy) is 2. The number of aromatic nitrogens is 1. The topological polar surface area (TPSA) is 97.8 Å². The molecule has 0 spiro atoms. The van der Waals surface area contributed by atoms with Gasteiger partial charge in [-0.3, -0.25) is 14.4 Å². The van der Waals surface area contributed by atoms with Gasteiger partial charge in [0.1, 0.15) is 11.5 Å². The maximum absolute atomic E-state index is 13.4. The highest BCUT2D eigenvalue weighted by Crippen LogP contribution is 2.51. The molecule has 4 atom stereocenters. The lowest BCUT2D eigenvalue weighted by molar-refractivity contribution is -0.146. The van der Waals surface area contributed by atoms with Crippen molar-refractivity contribution < 1.29 is 23.9 Å². The Morgan fingerprint density at radius 1 is 1.09 bits per heavy atom. The number of fused-ring (bicyclic) bond motifs is 2. The van der Waals surface area contributed by atoms with Crippen LogP contribution in [0.3, 0.4) is 0 Å². The zero-order valence-electron chi connectivity index (χ0n) is 26.0. The van der Waals surface area contributed by atoms with Crippen LogP contribution in [0.2, 0.25) is 0 Å². The molecule has 1 aromatic heterocycles. The van der Waals surface area contributed by atoms with Crippen LogP contribution in [0.4, 0.5) is 4.79 Å². The Hall–Kier alpha value is -4.63. The molecule has 4 aromatic rings.